The van der Waals surface area contributed by atoms with Gasteiger partial charge in [-0.1, -0.05) is 36.4 Å². The standard InChI is InChI=1S/2C6H6S.C4H3NO2/c2*7-6-4-2-1-3-5-6;6-3-1-2-4(7)5-3/h2*1-5,7H;1-2H,(H,5,6,7). The molecule has 0 bridgehead atoms. The van der Waals surface area contributed by atoms with Crippen LogP contribution in [0.2, 0.25) is 0 Å². The third-order valence-electron chi connectivity index (χ3n) is 2.14. The van der Waals surface area contributed by atoms with E-state index in [9.17, 15) is 9.59 Å². The van der Waals surface area contributed by atoms with Crippen molar-refractivity contribution in [2.24, 2.45) is 0 Å². The largest absolute Gasteiger partial charge is 0.289 e. The summed E-state index contributed by atoms with van der Waals surface area (Å²) in [5.74, 6) is -0.657. The molecule has 1 N–H and O–H groups in total. The van der Waals surface area contributed by atoms with E-state index in [2.05, 4.69) is 25.3 Å². The number of hydrogen-bond donors (Lipinski definition) is 3. The van der Waals surface area contributed by atoms with Gasteiger partial charge in [0, 0.05) is 21.9 Å². The van der Waals surface area contributed by atoms with Crippen LogP contribution in [0, 0.1) is 0 Å². The first-order valence-electron chi connectivity index (χ1n) is 6.09. The molecule has 0 aliphatic carbocycles. The summed E-state index contributed by atoms with van der Waals surface area (Å²) in [6.07, 6.45) is 2.39. The minimum absolute atomic E-state index is 0.329. The lowest BCUT2D eigenvalue weighted by molar-refractivity contribution is -0.123. The van der Waals surface area contributed by atoms with E-state index >= 15 is 0 Å². The van der Waals surface area contributed by atoms with Crippen LogP contribution in [0.15, 0.2) is 82.6 Å². The van der Waals surface area contributed by atoms with Crippen molar-refractivity contribution in [2.45, 2.75) is 9.79 Å². The van der Waals surface area contributed by atoms with Gasteiger partial charge in [-0.3, -0.25) is 14.9 Å². The highest BCUT2D eigenvalue weighted by atomic mass is 32.1. The van der Waals surface area contributed by atoms with E-state index in [1.165, 1.54) is 12.2 Å². The maximum Gasteiger partial charge on any atom is 0.250 e. The van der Waals surface area contributed by atoms with Gasteiger partial charge in [0.15, 0.2) is 0 Å². The third-order valence-corrected chi connectivity index (χ3v) is 2.74. The Balaban J connectivity index is 0.000000157. The lowest BCUT2D eigenvalue weighted by atomic mass is 10.4. The van der Waals surface area contributed by atoms with Gasteiger partial charge in [0.2, 0.25) is 0 Å². The van der Waals surface area contributed by atoms with E-state index in [0.29, 0.717) is 0 Å². The fraction of sp³-hybridized carbons (Fsp3) is 0. The van der Waals surface area contributed by atoms with E-state index in [4.69, 9.17) is 0 Å². The molecule has 3 rings (SSSR count). The molecular formula is C16H15NO2S2. The molecule has 1 heterocycles. The van der Waals surface area contributed by atoms with E-state index in [1.807, 2.05) is 66.0 Å². The van der Waals surface area contributed by atoms with E-state index in [1.54, 1.807) is 0 Å². The molecule has 1 aliphatic rings. The van der Waals surface area contributed by atoms with Gasteiger partial charge in [0.1, 0.15) is 0 Å². The number of thiol groups is 2. The zero-order chi connectivity index (χ0) is 15.5. The van der Waals surface area contributed by atoms with Gasteiger partial charge < -0.3 is 0 Å². The van der Waals surface area contributed by atoms with Gasteiger partial charge in [-0.15, -0.1) is 25.3 Å². The SMILES string of the molecule is O=C1C=CC(=O)N1.Sc1ccccc1.Sc1ccccc1. The first kappa shape index (κ1) is 17.1. The second-order valence-electron chi connectivity index (χ2n) is 3.86. The van der Waals surface area contributed by atoms with Crippen molar-refractivity contribution in [1.29, 1.82) is 0 Å². The monoisotopic (exact) mass is 317 g/mol. The summed E-state index contributed by atoms with van der Waals surface area (Å²) in [5.41, 5.74) is 0. The van der Waals surface area contributed by atoms with Crippen LogP contribution in [-0.2, 0) is 9.59 Å². The second-order valence-corrected chi connectivity index (χ2v) is 4.89. The highest BCUT2D eigenvalue weighted by Crippen LogP contribution is 2.01. The van der Waals surface area contributed by atoms with E-state index < -0.39 is 0 Å². The number of nitrogens with one attached hydrogen (secondary N) is 1. The molecule has 21 heavy (non-hydrogen) atoms. The van der Waals surface area contributed by atoms with Crippen molar-refractivity contribution < 1.29 is 9.59 Å². The molecule has 2 amide bonds. The Bertz CT molecular complexity index is 545. The lowest BCUT2D eigenvalue weighted by Gasteiger charge is -1.81. The number of carbonyl (C=O) groups excluding carboxylic acids is 2. The Morgan fingerprint density at radius 2 is 0.952 bits per heavy atom. The molecule has 0 saturated heterocycles. The molecule has 5 heteroatoms. The number of rotatable bonds is 0. The molecule has 0 saturated carbocycles. The number of amides is 2. The average Bonchev–Trinajstić information content (AvgIpc) is 2.85. The summed E-state index contributed by atoms with van der Waals surface area (Å²) in [5, 5.41) is 2.03. The van der Waals surface area contributed by atoms with Gasteiger partial charge >= 0.3 is 0 Å². The summed E-state index contributed by atoms with van der Waals surface area (Å²) >= 11 is 8.17. The van der Waals surface area contributed by atoms with Crippen LogP contribution >= 0.6 is 25.3 Å². The summed E-state index contributed by atoms with van der Waals surface area (Å²) in [4.78, 5) is 22.1. The fourth-order valence-corrected chi connectivity index (χ4v) is 1.56. The van der Waals surface area contributed by atoms with Crippen molar-refractivity contribution in [2.75, 3.05) is 0 Å². The number of imide groups is 1. The van der Waals surface area contributed by atoms with Crippen molar-refractivity contribution in [1.82, 2.24) is 5.32 Å². The molecule has 1 aliphatic heterocycles. The van der Waals surface area contributed by atoms with Gasteiger partial charge in [0.05, 0.1) is 0 Å². The highest BCUT2D eigenvalue weighted by Gasteiger charge is 2.06. The lowest BCUT2D eigenvalue weighted by Crippen LogP contribution is -2.19. The predicted molar refractivity (Wildman–Crippen MR) is 89.7 cm³/mol. The normalized spacial score (nSPS) is 11.7. The zero-order valence-electron chi connectivity index (χ0n) is 11.1. The van der Waals surface area contributed by atoms with Crippen molar-refractivity contribution >= 4 is 37.1 Å². The number of benzene rings is 2. The quantitative estimate of drug-likeness (QED) is 0.516. The fourth-order valence-electron chi connectivity index (χ4n) is 1.21. The maximum atomic E-state index is 10.0. The second kappa shape index (κ2) is 9.85. The van der Waals surface area contributed by atoms with Crippen LogP contribution in [0.25, 0.3) is 0 Å². The zero-order valence-corrected chi connectivity index (χ0v) is 12.9. The van der Waals surface area contributed by atoms with Crippen LogP contribution in [0.3, 0.4) is 0 Å². The van der Waals surface area contributed by atoms with Crippen LogP contribution < -0.4 is 5.32 Å². The van der Waals surface area contributed by atoms with Gasteiger partial charge in [-0.2, -0.15) is 0 Å². The number of hydrogen-bond acceptors (Lipinski definition) is 4. The summed E-state index contributed by atoms with van der Waals surface area (Å²) in [7, 11) is 0. The minimum atomic E-state index is -0.329. The molecule has 0 radical (unpaired) electrons. The highest BCUT2D eigenvalue weighted by molar-refractivity contribution is 7.80. The minimum Gasteiger partial charge on any atom is -0.289 e. The smallest absolute Gasteiger partial charge is 0.250 e. The molecule has 108 valence electrons. The van der Waals surface area contributed by atoms with Crippen molar-refractivity contribution in [3.63, 3.8) is 0 Å². The molecule has 0 spiro atoms. The summed E-state index contributed by atoms with van der Waals surface area (Å²) in [6.45, 7) is 0. The average molecular weight is 317 g/mol. The molecule has 2 aromatic rings. The first-order chi connectivity index (χ1) is 10.1. The number of carbonyl (C=O) groups is 2. The molecule has 0 aromatic heterocycles. The molecule has 0 unspecified atom stereocenters. The topological polar surface area (TPSA) is 46.2 Å². The molecule has 0 fully saturated rings. The molecule has 2 aromatic carbocycles. The Morgan fingerprint density at radius 3 is 1.10 bits per heavy atom. The Hall–Kier alpha value is -1.98. The molecular weight excluding hydrogens is 302 g/mol. The maximum absolute atomic E-state index is 10.0. The van der Waals surface area contributed by atoms with E-state index in [0.717, 1.165) is 9.79 Å². The van der Waals surface area contributed by atoms with Gasteiger partial charge in [0.25, 0.3) is 11.8 Å². The predicted octanol–water partition coefficient (Wildman–Crippen LogP) is 3.15. The molecule has 3 nitrogen and oxygen atoms in total. The first-order valence-corrected chi connectivity index (χ1v) is 6.98. The van der Waals surface area contributed by atoms with Gasteiger partial charge in [-0.25, -0.2) is 0 Å². The van der Waals surface area contributed by atoms with Crippen LogP contribution in [0.4, 0.5) is 0 Å². The van der Waals surface area contributed by atoms with Crippen molar-refractivity contribution in [3.05, 3.63) is 72.8 Å². The Morgan fingerprint density at radius 1 is 0.619 bits per heavy atom. The summed E-state index contributed by atoms with van der Waals surface area (Å²) < 4.78 is 0. The van der Waals surface area contributed by atoms with Crippen LogP contribution in [0.1, 0.15) is 0 Å². The van der Waals surface area contributed by atoms with Gasteiger partial charge in [-0.05, 0) is 24.3 Å². The molecule has 0 atom stereocenters. The Labute approximate surface area is 134 Å². The Kier molecular flexibility index (Phi) is 8.01. The summed E-state index contributed by atoms with van der Waals surface area (Å²) in [6, 6.07) is 19.6. The van der Waals surface area contributed by atoms with Crippen molar-refractivity contribution in [3.8, 4) is 0 Å². The van der Waals surface area contributed by atoms with Crippen LogP contribution in [0.5, 0.6) is 0 Å². The third kappa shape index (κ3) is 8.73. The van der Waals surface area contributed by atoms with E-state index in [-0.39, 0.29) is 11.8 Å². The van der Waals surface area contributed by atoms with Crippen LogP contribution in [-0.4, -0.2) is 11.8 Å².